The predicted octanol–water partition coefficient (Wildman–Crippen LogP) is 6.55. The Balaban J connectivity index is 1.42. The number of ether oxygens (including phenoxy) is 3. The molecule has 0 aliphatic rings. The van der Waals surface area contributed by atoms with Gasteiger partial charge in [0, 0.05) is 8.96 Å². The molecule has 0 radical (unpaired) electrons. The predicted molar refractivity (Wildman–Crippen MR) is 147 cm³/mol. The molecule has 0 fully saturated rings. The van der Waals surface area contributed by atoms with Crippen LogP contribution in [0.3, 0.4) is 0 Å². The van der Waals surface area contributed by atoms with Crippen molar-refractivity contribution >= 4 is 61.6 Å². The van der Waals surface area contributed by atoms with Crippen LogP contribution < -0.4 is 19.6 Å². The molecule has 0 aliphatic carbocycles. The number of benzene rings is 3. The molecule has 35 heavy (non-hydrogen) atoms. The maximum absolute atomic E-state index is 12.5. The maximum Gasteiger partial charge on any atom is 0.307 e. The number of methoxy groups -OCH3 is 1. The highest BCUT2D eigenvalue weighted by Crippen LogP contribution is 2.37. The lowest BCUT2D eigenvalue weighted by Crippen LogP contribution is -2.16. The Labute approximate surface area is 224 Å². The van der Waals surface area contributed by atoms with E-state index in [1.807, 2.05) is 43.3 Å². The number of furan rings is 1. The van der Waals surface area contributed by atoms with E-state index in [4.69, 9.17) is 18.6 Å². The molecule has 1 aromatic heterocycles. The first-order valence-corrected chi connectivity index (χ1v) is 12.6. The molecule has 3 aromatic carbocycles. The summed E-state index contributed by atoms with van der Waals surface area (Å²) in [6.07, 6.45) is 1.52. The van der Waals surface area contributed by atoms with Gasteiger partial charge in [0.05, 0.1) is 24.4 Å². The summed E-state index contributed by atoms with van der Waals surface area (Å²) in [5.41, 5.74) is 4.84. The molecule has 4 rings (SSSR count). The van der Waals surface area contributed by atoms with Crippen molar-refractivity contribution in [2.45, 2.75) is 13.5 Å². The van der Waals surface area contributed by atoms with Crippen molar-refractivity contribution in [1.29, 1.82) is 0 Å². The summed E-state index contributed by atoms with van der Waals surface area (Å²) in [6.45, 7) is 2.88. The Morgan fingerprint density at radius 3 is 2.66 bits per heavy atom. The van der Waals surface area contributed by atoms with Crippen molar-refractivity contribution in [2.24, 2.45) is 5.10 Å². The number of fused-ring (bicyclic) bond motifs is 1. The fourth-order valence-electron chi connectivity index (χ4n) is 3.30. The first-order valence-electron chi connectivity index (χ1n) is 10.7. The van der Waals surface area contributed by atoms with Gasteiger partial charge < -0.3 is 18.6 Å². The monoisotopic (exact) mass is 648 g/mol. The van der Waals surface area contributed by atoms with E-state index in [-0.39, 0.29) is 5.76 Å². The second-order valence-corrected chi connectivity index (χ2v) is 9.49. The van der Waals surface area contributed by atoms with E-state index in [1.165, 1.54) is 6.21 Å². The van der Waals surface area contributed by atoms with Crippen LogP contribution in [0.4, 0.5) is 0 Å². The molecule has 4 aromatic rings. The van der Waals surface area contributed by atoms with Crippen LogP contribution in [-0.4, -0.2) is 25.8 Å². The molecule has 1 amide bonds. The molecule has 7 nitrogen and oxygen atoms in total. The highest BCUT2D eigenvalue weighted by atomic mass is 127. The second-order valence-electron chi connectivity index (χ2n) is 7.39. The molecular weight excluding hydrogens is 627 g/mol. The standard InChI is InChI=1S/C26H22BrIN2O5/c1-3-33-20-8-9-22-18(12-20)13-24(35-22)26(31)30-29-14-17-10-21(27)25(23(11-17)32-2)34-15-16-4-6-19(28)7-5-16/h4-14H,3,15H2,1-2H3,(H,30,31)/b29-14+. The number of carbonyl (C=O) groups excluding carboxylic acids is 1. The van der Waals surface area contributed by atoms with Gasteiger partial charge in [-0.3, -0.25) is 4.79 Å². The zero-order valence-electron chi connectivity index (χ0n) is 19.0. The number of carbonyl (C=O) groups is 1. The van der Waals surface area contributed by atoms with Crippen LogP contribution in [0, 0.1) is 3.57 Å². The van der Waals surface area contributed by atoms with Crippen molar-refractivity contribution in [3.63, 3.8) is 0 Å². The largest absolute Gasteiger partial charge is 0.494 e. The topological polar surface area (TPSA) is 82.3 Å². The number of nitrogens with zero attached hydrogens (tertiary/aromatic N) is 1. The van der Waals surface area contributed by atoms with Gasteiger partial charge in [0.1, 0.15) is 17.9 Å². The van der Waals surface area contributed by atoms with Crippen molar-refractivity contribution in [1.82, 2.24) is 5.43 Å². The first kappa shape index (κ1) is 25.1. The quantitative estimate of drug-likeness (QED) is 0.126. The van der Waals surface area contributed by atoms with Gasteiger partial charge in [0.2, 0.25) is 0 Å². The third kappa shape index (κ3) is 6.34. The fraction of sp³-hybridized carbons (Fsp3) is 0.154. The van der Waals surface area contributed by atoms with Gasteiger partial charge in [-0.05, 0) is 105 Å². The summed E-state index contributed by atoms with van der Waals surface area (Å²) in [5, 5.41) is 4.83. The van der Waals surface area contributed by atoms with Crippen LogP contribution in [0.5, 0.6) is 17.2 Å². The number of halogens is 2. The summed E-state index contributed by atoms with van der Waals surface area (Å²) in [5.74, 6) is 1.54. The van der Waals surface area contributed by atoms with Crippen molar-refractivity contribution in [2.75, 3.05) is 13.7 Å². The highest BCUT2D eigenvalue weighted by Gasteiger charge is 2.14. The van der Waals surface area contributed by atoms with Gasteiger partial charge in [-0.25, -0.2) is 5.43 Å². The van der Waals surface area contributed by atoms with Crippen molar-refractivity contribution < 1.29 is 23.4 Å². The van der Waals surface area contributed by atoms with Gasteiger partial charge in [0.25, 0.3) is 0 Å². The van der Waals surface area contributed by atoms with Crippen molar-refractivity contribution in [3.05, 3.63) is 85.6 Å². The van der Waals surface area contributed by atoms with E-state index in [9.17, 15) is 4.79 Å². The molecule has 0 saturated heterocycles. The summed E-state index contributed by atoms with van der Waals surface area (Å²) in [7, 11) is 1.57. The van der Waals surface area contributed by atoms with Crippen LogP contribution in [0.25, 0.3) is 11.0 Å². The smallest absolute Gasteiger partial charge is 0.307 e. The molecule has 0 aliphatic heterocycles. The molecule has 0 spiro atoms. The molecule has 0 saturated carbocycles. The van der Waals surface area contributed by atoms with Crippen molar-refractivity contribution in [3.8, 4) is 17.2 Å². The minimum Gasteiger partial charge on any atom is -0.494 e. The average Bonchev–Trinajstić information content (AvgIpc) is 3.28. The van der Waals surface area contributed by atoms with Gasteiger partial charge in [-0.2, -0.15) is 5.10 Å². The zero-order chi connectivity index (χ0) is 24.8. The summed E-state index contributed by atoms with van der Waals surface area (Å²) in [4.78, 5) is 12.5. The van der Waals surface area contributed by atoms with Crippen LogP contribution in [0.15, 0.2) is 74.7 Å². The SMILES string of the molecule is CCOc1ccc2oc(C(=O)N/N=C/c3cc(Br)c(OCc4ccc(I)cc4)c(OC)c3)cc2c1. The van der Waals surface area contributed by atoms with Crippen LogP contribution in [0.2, 0.25) is 0 Å². The van der Waals surface area contributed by atoms with Crippen LogP contribution in [0.1, 0.15) is 28.6 Å². The lowest BCUT2D eigenvalue weighted by atomic mass is 10.2. The Morgan fingerprint density at radius 1 is 1.11 bits per heavy atom. The van der Waals surface area contributed by atoms with Crippen LogP contribution in [-0.2, 0) is 6.61 Å². The number of rotatable bonds is 9. The van der Waals surface area contributed by atoms with E-state index in [0.717, 1.165) is 20.3 Å². The van der Waals surface area contributed by atoms with E-state index in [0.29, 0.717) is 40.3 Å². The number of hydrogen-bond donors (Lipinski definition) is 1. The third-order valence-electron chi connectivity index (χ3n) is 4.95. The highest BCUT2D eigenvalue weighted by molar-refractivity contribution is 14.1. The molecule has 1 heterocycles. The fourth-order valence-corrected chi connectivity index (χ4v) is 4.23. The normalized spacial score (nSPS) is 11.1. The molecule has 9 heteroatoms. The second kappa shape index (κ2) is 11.6. The van der Waals surface area contributed by atoms with Crippen LogP contribution >= 0.6 is 38.5 Å². The molecule has 1 N–H and O–H groups in total. The van der Waals surface area contributed by atoms with E-state index < -0.39 is 5.91 Å². The van der Waals surface area contributed by atoms with Gasteiger partial charge in [-0.15, -0.1) is 0 Å². The summed E-state index contributed by atoms with van der Waals surface area (Å²) >= 11 is 5.80. The van der Waals surface area contributed by atoms with E-state index in [2.05, 4.69) is 49.0 Å². The molecule has 0 bridgehead atoms. The molecular formula is C26H22BrIN2O5. The Kier molecular flexibility index (Phi) is 8.29. The summed E-state index contributed by atoms with van der Waals surface area (Å²) < 4.78 is 24.5. The van der Waals surface area contributed by atoms with Gasteiger partial charge in [-0.1, -0.05) is 12.1 Å². The van der Waals surface area contributed by atoms with E-state index in [1.54, 1.807) is 31.4 Å². The van der Waals surface area contributed by atoms with E-state index >= 15 is 0 Å². The number of amides is 1. The Morgan fingerprint density at radius 2 is 1.91 bits per heavy atom. The summed E-state index contributed by atoms with van der Waals surface area (Å²) in [6, 6.07) is 18.8. The molecule has 180 valence electrons. The minimum atomic E-state index is -0.459. The first-order chi connectivity index (χ1) is 17.0. The van der Waals surface area contributed by atoms with Gasteiger partial charge in [0.15, 0.2) is 17.3 Å². The lowest BCUT2D eigenvalue weighted by molar-refractivity contribution is 0.0929. The number of hydrazone groups is 1. The Hall–Kier alpha value is -3.05. The van der Waals surface area contributed by atoms with Gasteiger partial charge >= 0.3 is 5.91 Å². The average molecular weight is 649 g/mol. The Bertz CT molecular complexity index is 1370. The molecule has 0 atom stereocenters. The lowest BCUT2D eigenvalue weighted by Gasteiger charge is -2.13. The zero-order valence-corrected chi connectivity index (χ0v) is 22.8. The third-order valence-corrected chi connectivity index (χ3v) is 6.26. The maximum atomic E-state index is 12.5. The number of nitrogens with one attached hydrogen (secondary N) is 1. The minimum absolute atomic E-state index is 0.156. The molecule has 0 unspecified atom stereocenters. The number of hydrogen-bond acceptors (Lipinski definition) is 6.